The maximum atomic E-state index is 12.5. The summed E-state index contributed by atoms with van der Waals surface area (Å²) < 4.78 is 1.09. The van der Waals surface area contributed by atoms with Crippen LogP contribution >= 0.6 is 15.9 Å². The van der Waals surface area contributed by atoms with Crippen molar-refractivity contribution in [3.63, 3.8) is 0 Å². The summed E-state index contributed by atoms with van der Waals surface area (Å²) in [4.78, 5) is 39.4. The Morgan fingerprint density at radius 3 is 2.82 bits per heavy atom. The minimum absolute atomic E-state index is 0.0945. The number of amides is 2. The predicted molar refractivity (Wildman–Crippen MR) is 133 cm³/mol. The normalized spacial score (nSPS) is 17.2. The monoisotopic (exact) mass is 521 g/mol. The molecule has 0 aliphatic carbocycles. The van der Waals surface area contributed by atoms with Crippen LogP contribution in [-0.4, -0.2) is 39.4 Å². The minimum Gasteiger partial charge on any atom is -0.344 e. The molecule has 3 heterocycles. The van der Waals surface area contributed by atoms with Crippen LogP contribution in [0.25, 0.3) is 0 Å². The van der Waals surface area contributed by atoms with Crippen LogP contribution in [0.3, 0.4) is 0 Å². The van der Waals surface area contributed by atoms with Gasteiger partial charge in [0.05, 0.1) is 0 Å². The van der Waals surface area contributed by atoms with Crippen molar-refractivity contribution in [2.45, 2.75) is 38.8 Å². The minimum atomic E-state index is -0.495. The molecule has 1 fully saturated rings. The van der Waals surface area contributed by atoms with E-state index in [1.165, 1.54) is 17.5 Å². The van der Waals surface area contributed by atoms with E-state index in [9.17, 15) is 9.59 Å². The van der Waals surface area contributed by atoms with Gasteiger partial charge in [-0.15, -0.1) is 0 Å². The maximum Gasteiger partial charge on any atom is 0.246 e. The van der Waals surface area contributed by atoms with Gasteiger partial charge in [-0.1, -0.05) is 28.1 Å². The number of nitrogens with zero attached hydrogens (tertiary/aromatic N) is 4. The highest BCUT2D eigenvalue weighted by Gasteiger charge is 2.27. The summed E-state index contributed by atoms with van der Waals surface area (Å²) in [5.41, 5.74) is 4.90. The summed E-state index contributed by atoms with van der Waals surface area (Å²) in [6.07, 6.45) is 3.31. The van der Waals surface area contributed by atoms with Gasteiger partial charge in [-0.25, -0.2) is 9.97 Å². The first-order valence-electron chi connectivity index (χ1n) is 11.1. The highest BCUT2D eigenvalue weighted by molar-refractivity contribution is 9.10. The fourth-order valence-electron chi connectivity index (χ4n) is 4.25. The van der Waals surface area contributed by atoms with Gasteiger partial charge in [0.2, 0.25) is 23.7 Å². The van der Waals surface area contributed by atoms with Crippen LogP contribution in [0.5, 0.6) is 0 Å². The average molecular weight is 522 g/mol. The van der Waals surface area contributed by atoms with Crippen LogP contribution in [-0.2, 0) is 22.6 Å². The van der Waals surface area contributed by atoms with E-state index >= 15 is 0 Å². The van der Waals surface area contributed by atoms with E-state index in [4.69, 9.17) is 0 Å². The van der Waals surface area contributed by atoms with Gasteiger partial charge in [0.25, 0.3) is 0 Å². The Balaban J connectivity index is 1.30. The summed E-state index contributed by atoms with van der Waals surface area (Å²) in [6.45, 7) is 3.47. The Hall–Kier alpha value is -3.53. The third-order valence-electron chi connectivity index (χ3n) is 6.17. The summed E-state index contributed by atoms with van der Waals surface area (Å²) in [5.74, 6) is 0.736. The standard InChI is InChI=1S/C24H24BrN7O2/c1-14-18(29-22(34)20-7-8-21(33)28-20)3-2-4-19(14)30-23-26-13-27-24(31-23)32-10-9-15-11-17(25)6-5-16(15)12-32/h2-6,11,13,20H,7-10,12H2,1H3,(H,28,33)(H,29,34)(H,26,27,30,31)/t20-/m1/s1. The maximum absolute atomic E-state index is 12.5. The molecule has 2 aromatic carbocycles. The van der Waals surface area contributed by atoms with Gasteiger partial charge in [0.15, 0.2) is 0 Å². The van der Waals surface area contributed by atoms with Crippen molar-refractivity contribution in [1.29, 1.82) is 0 Å². The fourth-order valence-corrected chi connectivity index (χ4v) is 4.66. The molecule has 10 heteroatoms. The van der Waals surface area contributed by atoms with Crippen molar-refractivity contribution in [1.82, 2.24) is 20.3 Å². The third-order valence-corrected chi connectivity index (χ3v) is 6.67. The molecule has 1 atom stereocenters. The Labute approximate surface area is 205 Å². The Morgan fingerprint density at radius 1 is 1.15 bits per heavy atom. The van der Waals surface area contributed by atoms with Crippen molar-refractivity contribution < 1.29 is 9.59 Å². The van der Waals surface area contributed by atoms with Crippen LogP contribution in [0.4, 0.5) is 23.3 Å². The predicted octanol–water partition coefficient (Wildman–Crippen LogP) is 3.47. The highest BCUT2D eigenvalue weighted by Crippen LogP contribution is 2.28. The molecule has 0 bridgehead atoms. The molecule has 5 rings (SSSR count). The number of rotatable bonds is 5. The molecule has 9 nitrogen and oxygen atoms in total. The van der Waals surface area contributed by atoms with E-state index in [1.807, 2.05) is 25.1 Å². The number of hydrogen-bond donors (Lipinski definition) is 3. The molecule has 174 valence electrons. The Bertz CT molecular complexity index is 1270. The van der Waals surface area contributed by atoms with E-state index in [0.29, 0.717) is 30.4 Å². The number of fused-ring (bicyclic) bond motifs is 1. The zero-order valence-corrected chi connectivity index (χ0v) is 20.2. The second-order valence-corrected chi connectivity index (χ2v) is 9.36. The largest absolute Gasteiger partial charge is 0.344 e. The first-order chi connectivity index (χ1) is 16.5. The van der Waals surface area contributed by atoms with Gasteiger partial charge in [-0.3, -0.25) is 9.59 Å². The summed E-state index contributed by atoms with van der Waals surface area (Å²) in [6, 6.07) is 11.4. The van der Waals surface area contributed by atoms with Crippen LogP contribution < -0.4 is 20.9 Å². The Morgan fingerprint density at radius 2 is 2.00 bits per heavy atom. The van der Waals surface area contributed by atoms with Crippen molar-refractivity contribution in [3.8, 4) is 0 Å². The molecule has 0 radical (unpaired) electrons. The van der Waals surface area contributed by atoms with Gasteiger partial charge in [-0.2, -0.15) is 4.98 Å². The second kappa shape index (κ2) is 9.38. The van der Waals surface area contributed by atoms with Crippen molar-refractivity contribution in [2.24, 2.45) is 0 Å². The zero-order chi connectivity index (χ0) is 23.7. The second-order valence-electron chi connectivity index (χ2n) is 8.44. The number of hydrogen-bond acceptors (Lipinski definition) is 7. The van der Waals surface area contributed by atoms with Crippen LogP contribution in [0.2, 0.25) is 0 Å². The van der Waals surface area contributed by atoms with Crippen LogP contribution in [0.15, 0.2) is 47.2 Å². The zero-order valence-electron chi connectivity index (χ0n) is 18.6. The number of aromatic nitrogens is 3. The highest BCUT2D eigenvalue weighted by atomic mass is 79.9. The Kier molecular flexibility index (Phi) is 6.14. The molecule has 3 N–H and O–H groups in total. The lowest BCUT2D eigenvalue weighted by Gasteiger charge is -2.29. The molecule has 0 spiro atoms. The third kappa shape index (κ3) is 4.72. The lowest BCUT2D eigenvalue weighted by molar-refractivity contribution is -0.122. The molecule has 2 aliphatic rings. The average Bonchev–Trinajstić information content (AvgIpc) is 3.28. The molecule has 1 saturated heterocycles. The van der Waals surface area contributed by atoms with E-state index in [1.54, 1.807) is 0 Å². The van der Waals surface area contributed by atoms with Gasteiger partial charge in [0, 0.05) is 35.4 Å². The van der Waals surface area contributed by atoms with Crippen molar-refractivity contribution in [2.75, 3.05) is 22.1 Å². The molecule has 2 aliphatic heterocycles. The van der Waals surface area contributed by atoms with Gasteiger partial charge < -0.3 is 20.9 Å². The lowest BCUT2D eigenvalue weighted by Crippen LogP contribution is -2.37. The summed E-state index contributed by atoms with van der Waals surface area (Å²) in [5, 5.41) is 8.86. The molecule has 2 amide bonds. The number of carbonyl (C=O) groups is 2. The van der Waals surface area contributed by atoms with Crippen LogP contribution in [0.1, 0.15) is 29.5 Å². The van der Waals surface area contributed by atoms with E-state index in [0.717, 1.165) is 35.2 Å². The molecular weight excluding hydrogens is 498 g/mol. The number of carbonyl (C=O) groups excluding carboxylic acids is 2. The number of benzene rings is 2. The SMILES string of the molecule is Cc1c(NC(=O)[C@H]2CCC(=O)N2)cccc1Nc1ncnc(N2CCc3cc(Br)ccc3C2)n1. The molecule has 3 aromatic rings. The van der Waals surface area contributed by atoms with E-state index in [2.05, 4.69) is 69.9 Å². The number of halogens is 1. The van der Waals surface area contributed by atoms with Crippen LogP contribution in [0, 0.1) is 6.92 Å². The molecule has 1 aromatic heterocycles. The van der Waals surface area contributed by atoms with Gasteiger partial charge >= 0.3 is 0 Å². The smallest absolute Gasteiger partial charge is 0.246 e. The quantitative estimate of drug-likeness (QED) is 0.471. The lowest BCUT2D eigenvalue weighted by atomic mass is 10.0. The molecule has 34 heavy (non-hydrogen) atoms. The van der Waals surface area contributed by atoms with Gasteiger partial charge in [0.1, 0.15) is 12.4 Å². The number of nitrogens with one attached hydrogen (secondary N) is 3. The summed E-state index contributed by atoms with van der Waals surface area (Å²) in [7, 11) is 0. The van der Waals surface area contributed by atoms with Crippen molar-refractivity contribution in [3.05, 3.63) is 63.9 Å². The molecular formula is C24H24BrN7O2. The molecule has 0 saturated carbocycles. The molecule has 0 unspecified atom stereocenters. The van der Waals surface area contributed by atoms with Gasteiger partial charge in [-0.05, 0) is 60.7 Å². The number of anilines is 4. The first-order valence-corrected chi connectivity index (χ1v) is 11.9. The van der Waals surface area contributed by atoms with Crippen molar-refractivity contribution >= 4 is 51.0 Å². The summed E-state index contributed by atoms with van der Waals surface area (Å²) >= 11 is 3.54. The van der Waals surface area contributed by atoms with E-state index in [-0.39, 0.29) is 11.8 Å². The van der Waals surface area contributed by atoms with E-state index < -0.39 is 6.04 Å². The topological polar surface area (TPSA) is 112 Å². The first kappa shape index (κ1) is 22.3. The fraction of sp³-hybridized carbons (Fsp3) is 0.292.